The third-order valence-corrected chi connectivity index (χ3v) is 2.20. The highest BCUT2D eigenvalue weighted by atomic mass is 35.5. The van der Waals surface area contributed by atoms with Crippen molar-refractivity contribution in [2.75, 3.05) is 12.4 Å². The molecule has 1 aromatic rings. The molecule has 1 amide bonds. The Hall–Kier alpha value is -2.01. The predicted octanol–water partition coefficient (Wildman–Crippen LogP) is 1.29. The monoisotopic (exact) mass is 254 g/mol. The molecule has 3 N–H and O–H groups in total. The van der Waals surface area contributed by atoms with Crippen molar-refractivity contribution < 1.29 is 14.3 Å². The maximum atomic E-state index is 11.1. The van der Waals surface area contributed by atoms with Crippen LogP contribution >= 0.6 is 11.6 Å². The van der Waals surface area contributed by atoms with Crippen LogP contribution in [0.25, 0.3) is 0 Å². The molecule has 0 aliphatic heterocycles. The maximum absolute atomic E-state index is 11.1. The number of nitrogens with two attached hydrogens (primary N) is 1. The molecule has 17 heavy (non-hydrogen) atoms. The van der Waals surface area contributed by atoms with Gasteiger partial charge in [-0.3, -0.25) is 4.79 Å². The van der Waals surface area contributed by atoms with E-state index in [0.29, 0.717) is 10.7 Å². The van der Waals surface area contributed by atoms with Crippen LogP contribution in [0.2, 0.25) is 5.02 Å². The predicted molar refractivity (Wildman–Crippen MR) is 64.4 cm³/mol. The number of hydrogen-bond acceptors (Lipinski definition) is 4. The summed E-state index contributed by atoms with van der Waals surface area (Å²) in [6, 6.07) is 6.75. The summed E-state index contributed by atoms with van der Waals surface area (Å²) in [4.78, 5) is 22.1. The summed E-state index contributed by atoms with van der Waals surface area (Å²) < 4.78 is 4.40. The minimum atomic E-state index is -0.782. The van der Waals surface area contributed by atoms with Crippen LogP contribution in [0.1, 0.15) is 0 Å². The van der Waals surface area contributed by atoms with Crippen molar-refractivity contribution in [1.29, 1.82) is 0 Å². The van der Waals surface area contributed by atoms with Crippen LogP contribution < -0.4 is 11.1 Å². The van der Waals surface area contributed by atoms with Crippen molar-refractivity contribution >= 4 is 29.2 Å². The van der Waals surface area contributed by atoms with Crippen LogP contribution in [-0.4, -0.2) is 19.0 Å². The van der Waals surface area contributed by atoms with E-state index in [9.17, 15) is 9.59 Å². The molecule has 0 saturated carbocycles. The summed E-state index contributed by atoms with van der Waals surface area (Å²) in [5.41, 5.74) is 5.50. The smallest absolute Gasteiger partial charge is 0.332 e. The van der Waals surface area contributed by atoms with Gasteiger partial charge < -0.3 is 15.8 Å². The van der Waals surface area contributed by atoms with Gasteiger partial charge in [0.15, 0.2) is 0 Å². The zero-order valence-corrected chi connectivity index (χ0v) is 9.82. The third kappa shape index (κ3) is 3.81. The van der Waals surface area contributed by atoms with E-state index < -0.39 is 11.9 Å². The summed E-state index contributed by atoms with van der Waals surface area (Å²) in [7, 11) is 1.20. The van der Waals surface area contributed by atoms with Gasteiger partial charge >= 0.3 is 5.97 Å². The molecule has 90 valence electrons. The number of halogens is 1. The lowest BCUT2D eigenvalue weighted by Gasteiger charge is -2.08. The van der Waals surface area contributed by atoms with Crippen LogP contribution in [-0.2, 0) is 14.3 Å². The van der Waals surface area contributed by atoms with Gasteiger partial charge in [-0.05, 0) is 12.1 Å². The second-order valence-electron chi connectivity index (χ2n) is 3.05. The third-order valence-electron chi connectivity index (χ3n) is 1.87. The van der Waals surface area contributed by atoms with E-state index in [1.165, 1.54) is 7.11 Å². The number of para-hydroxylation sites is 1. The summed E-state index contributed by atoms with van der Waals surface area (Å²) >= 11 is 5.89. The fourth-order valence-corrected chi connectivity index (χ4v) is 1.24. The number of anilines is 1. The van der Waals surface area contributed by atoms with Crippen molar-refractivity contribution in [3.8, 4) is 0 Å². The van der Waals surface area contributed by atoms with E-state index >= 15 is 0 Å². The normalized spacial score (nSPS) is 10.8. The van der Waals surface area contributed by atoms with Gasteiger partial charge in [-0.2, -0.15) is 0 Å². The molecule has 0 bridgehead atoms. The lowest BCUT2D eigenvalue weighted by molar-refractivity contribution is -0.135. The molecule has 0 unspecified atom stereocenters. The molecule has 0 aromatic heterocycles. The summed E-state index contributed by atoms with van der Waals surface area (Å²) in [6.45, 7) is 0. The molecule has 6 heteroatoms. The molecular weight excluding hydrogens is 244 g/mol. The number of benzene rings is 1. The number of carbonyl (C=O) groups excluding carboxylic acids is 2. The van der Waals surface area contributed by atoms with E-state index in [4.69, 9.17) is 17.3 Å². The standard InChI is InChI=1S/C11H11ClN2O3/c1-17-10(15)6-9(11(13)16)14-8-5-3-2-4-7(8)12/h2-6,14H,1H3,(H2,13,16)/b9-6-. The highest BCUT2D eigenvalue weighted by Gasteiger charge is 2.09. The topological polar surface area (TPSA) is 81.4 Å². The fourth-order valence-electron chi connectivity index (χ4n) is 1.05. The maximum Gasteiger partial charge on any atom is 0.332 e. The first-order valence-corrected chi connectivity index (χ1v) is 5.03. The van der Waals surface area contributed by atoms with Crippen molar-refractivity contribution in [3.05, 3.63) is 41.1 Å². The molecule has 0 radical (unpaired) electrons. The molecule has 0 aliphatic rings. The molecule has 1 aromatic carbocycles. The molecular formula is C11H11ClN2O3. The molecule has 0 aliphatic carbocycles. The van der Waals surface area contributed by atoms with E-state index in [2.05, 4.69) is 10.1 Å². The van der Waals surface area contributed by atoms with Gasteiger partial charge in [0, 0.05) is 0 Å². The number of primary amides is 1. The zero-order valence-electron chi connectivity index (χ0n) is 9.07. The first-order valence-electron chi connectivity index (χ1n) is 4.65. The highest BCUT2D eigenvalue weighted by molar-refractivity contribution is 6.33. The lowest BCUT2D eigenvalue weighted by atomic mass is 10.3. The van der Waals surface area contributed by atoms with Gasteiger partial charge in [0.25, 0.3) is 5.91 Å². The second kappa shape index (κ2) is 5.91. The van der Waals surface area contributed by atoms with Gasteiger partial charge in [-0.1, -0.05) is 23.7 Å². The van der Waals surface area contributed by atoms with Crippen LogP contribution in [0.3, 0.4) is 0 Å². The second-order valence-corrected chi connectivity index (χ2v) is 3.46. The molecule has 0 saturated heterocycles. The van der Waals surface area contributed by atoms with Crippen molar-refractivity contribution in [2.24, 2.45) is 5.73 Å². The Bertz CT molecular complexity index is 472. The van der Waals surface area contributed by atoms with Crippen LogP contribution in [0.4, 0.5) is 5.69 Å². The summed E-state index contributed by atoms with van der Waals surface area (Å²) in [6.07, 6.45) is 0.964. The van der Waals surface area contributed by atoms with Gasteiger partial charge in [-0.15, -0.1) is 0 Å². The van der Waals surface area contributed by atoms with Crippen LogP contribution in [0, 0.1) is 0 Å². The largest absolute Gasteiger partial charge is 0.466 e. The summed E-state index contributed by atoms with van der Waals surface area (Å²) in [5, 5.41) is 3.07. The minimum Gasteiger partial charge on any atom is -0.466 e. The first-order chi connectivity index (χ1) is 8.04. The number of carbonyl (C=O) groups is 2. The van der Waals surface area contributed by atoms with Crippen molar-refractivity contribution in [1.82, 2.24) is 0 Å². The summed E-state index contributed by atoms with van der Waals surface area (Å²) in [5.74, 6) is -1.46. The van der Waals surface area contributed by atoms with Crippen LogP contribution in [0.5, 0.6) is 0 Å². The number of ether oxygens (including phenoxy) is 1. The Labute approximate surface area is 103 Å². The quantitative estimate of drug-likeness (QED) is 0.627. The number of methoxy groups -OCH3 is 1. The van der Waals surface area contributed by atoms with E-state index in [0.717, 1.165) is 6.08 Å². The number of hydrogen-bond donors (Lipinski definition) is 2. The lowest BCUT2D eigenvalue weighted by Crippen LogP contribution is -2.21. The number of rotatable bonds is 4. The SMILES string of the molecule is COC(=O)/C=C(\Nc1ccccc1Cl)C(N)=O. The molecule has 1 rings (SSSR count). The van der Waals surface area contributed by atoms with Gasteiger partial charge in [0.2, 0.25) is 0 Å². The minimum absolute atomic E-state index is 0.0926. The zero-order chi connectivity index (χ0) is 12.8. The first kappa shape index (κ1) is 13.1. The van der Waals surface area contributed by atoms with E-state index in [1.54, 1.807) is 24.3 Å². The average molecular weight is 255 g/mol. The van der Waals surface area contributed by atoms with Gasteiger partial charge in [-0.25, -0.2) is 4.79 Å². The van der Waals surface area contributed by atoms with Crippen molar-refractivity contribution in [2.45, 2.75) is 0 Å². The molecule has 0 heterocycles. The Morgan fingerprint density at radius 3 is 2.59 bits per heavy atom. The van der Waals surface area contributed by atoms with Crippen LogP contribution in [0.15, 0.2) is 36.0 Å². The van der Waals surface area contributed by atoms with E-state index in [-0.39, 0.29) is 5.70 Å². The number of nitrogens with one attached hydrogen (secondary N) is 1. The fraction of sp³-hybridized carbons (Fsp3) is 0.0909. The molecule has 5 nitrogen and oxygen atoms in total. The molecule has 0 fully saturated rings. The Balaban J connectivity index is 2.96. The Morgan fingerprint density at radius 2 is 2.06 bits per heavy atom. The number of amides is 1. The molecule has 0 spiro atoms. The van der Waals surface area contributed by atoms with Crippen molar-refractivity contribution in [3.63, 3.8) is 0 Å². The number of esters is 1. The van der Waals surface area contributed by atoms with E-state index in [1.807, 2.05) is 0 Å². The average Bonchev–Trinajstić information content (AvgIpc) is 2.30. The Kier molecular flexibility index (Phi) is 4.54. The van der Waals surface area contributed by atoms with Gasteiger partial charge in [0.05, 0.1) is 23.9 Å². The molecule has 0 atom stereocenters. The highest BCUT2D eigenvalue weighted by Crippen LogP contribution is 2.21. The Morgan fingerprint density at radius 1 is 1.41 bits per heavy atom. The van der Waals surface area contributed by atoms with Gasteiger partial charge in [0.1, 0.15) is 5.70 Å².